The Morgan fingerprint density at radius 3 is 2.43 bits per heavy atom. The molecule has 3 rings (SSSR count). The molecule has 2 aromatic carbocycles. The Bertz CT molecular complexity index is 957. The van der Waals surface area contributed by atoms with E-state index in [1.165, 1.54) is 23.9 Å². The number of methoxy groups -OCH3 is 1. The summed E-state index contributed by atoms with van der Waals surface area (Å²) in [5.74, 6) is 0.838. The number of piperazine rings is 1. The highest BCUT2D eigenvalue weighted by Crippen LogP contribution is 2.20. The average Bonchev–Trinajstić information content (AvgIpc) is 2.77. The molecule has 1 saturated heterocycles. The normalized spacial score (nSPS) is 15.2. The Hall–Kier alpha value is -2.69. The lowest BCUT2D eigenvalue weighted by atomic mass is 10.2. The van der Waals surface area contributed by atoms with Gasteiger partial charge in [0.1, 0.15) is 5.75 Å². The molecule has 0 amide bonds. The van der Waals surface area contributed by atoms with Crippen LogP contribution in [0.15, 0.2) is 53.4 Å². The van der Waals surface area contributed by atoms with E-state index < -0.39 is 14.9 Å². The van der Waals surface area contributed by atoms with Crippen LogP contribution < -0.4 is 14.4 Å². The summed E-state index contributed by atoms with van der Waals surface area (Å²) < 4.78 is 32.4. The molecule has 9 nitrogen and oxygen atoms in total. The lowest BCUT2D eigenvalue weighted by Gasteiger charge is -2.36. The maximum absolute atomic E-state index is 12.3. The van der Waals surface area contributed by atoms with Crippen LogP contribution in [-0.4, -0.2) is 64.6 Å². The minimum Gasteiger partial charge on any atom is -0.497 e. The second-order valence-electron chi connectivity index (χ2n) is 7.03. The summed E-state index contributed by atoms with van der Waals surface area (Å²) >= 11 is 0. The number of nitrogens with one attached hydrogen (secondary N) is 1. The topological polar surface area (TPSA) is 105 Å². The predicted octanol–water partition coefficient (Wildman–Crippen LogP) is 2.09. The van der Waals surface area contributed by atoms with Gasteiger partial charge in [-0.2, -0.15) is 0 Å². The molecule has 0 atom stereocenters. The maximum atomic E-state index is 12.3. The van der Waals surface area contributed by atoms with Gasteiger partial charge in [0.05, 0.1) is 16.9 Å². The number of ether oxygens (including phenoxy) is 1. The van der Waals surface area contributed by atoms with Gasteiger partial charge in [0.15, 0.2) is 0 Å². The monoisotopic (exact) mass is 434 g/mol. The quantitative estimate of drug-likeness (QED) is 0.366. The molecule has 0 unspecified atom stereocenters. The Morgan fingerprint density at radius 2 is 1.80 bits per heavy atom. The second-order valence-corrected chi connectivity index (χ2v) is 8.80. The number of hydrogen-bond donors (Lipinski definition) is 1. The minimum atomic E-state index is -3.76. The van der Waals surface area contributed by atoms with Gasteiger partial charge in [0.25, 0.3) is 5.69 Å². The van der Waals surface area contributed by atoms with E-state index in [0.717, 1.165) is 44.5 Å². The molecule has 0 aliphatic carbocycles. The molecule has 1 N–H and O–H groups in total. The SMILES string of the molecule is COc1ccc(N2CCN(CCCNS(=O)(=O)c3cccc([N+](=O)[O-])c3)CC2)cc1. The number of sulfonamides is 1. The number of non-ortho nitro benzene ring substituents is 1. The highest BCUT2D eigenvalue weighted by Gasteiger charge is 2.19. The number of nitro groups is 1. The Morgan fingerprint density at radius 1 is 1.10 bits per heavy atom. The molecule has 2 aromatic rings. The number of rotatable bonds is 9. The maximum Gasteiger partial charge on any atom is 0.270 e. The Labute approximate surface area is 176 Å². The van der Waals surface area contributed by atoms with Crippen molar-refractivity contribution >= 4 is 21.4 Å². The number of nitrogens with zero attached hydrogens (tertiary/aromatic N) is 3. The van der Waals surface area contributed by atoms with Gasteiger partial charge in [-0.15, -0.1) is 0 Å². The zero-order valence-corrected chi connectivity index (χ0v) is 17.7. The average molecular weight is 435 g/mol. The van der Waals surface area contributed by atoms with Crippen molar-refractivity contribution in [2.75, 3.05) is 51.3 Å². The lowest BCUT2D eigenvalue weighted by Crippen LogP contribution is -2.47. The third-order valence-corrected chi connectivity index (χ3v) is 6.55. The molecular weight excluding hydrogens is 408 g/mol. The first-order valence-corrected chi connectivity index (χ1v) is 11.2. The molecule has 0 radical (unpaired) electrons. The van der Waals surface area contributed by atoms with E-state index in [4.69, 9.17) is 4.74 Å². The smallest absolute Gasteiger partial charge is 0.270 e. The fraction of sp³-hybridized carbons (Fsp3) is 0.400. The lowest BCUT2D eigenvalue weighted by molar-refractivity contribution is -0.385. The van der Waals surface area contributed by atoms with Crippen molar-refractivity contribution in [1.82, 2.24) is 9.62 Å². The molecule has 1 fully saturated rings. The highest BCUT2D eigenvalue weighted by molar-refractivity contribution is 7.89. The minimum absolute atomic E-state index is 0.0928. The van der Waals surface area contributed by atoms with E-state index in [-0.39, 0.29) is 17.1 Å². The molecule has 1 aliphatic rings. The van der Waals surface area contributed by atoms with E-state index in [1.54, 1.807) is 7.11 Å². The van der Waals surface area contributed by atoms with Crippen molar-refractivity contribution in [3.63, 3.8) is 0 Å². The molecule has 162 valence electrons. The first kappa shape index (κ1) is 22.0. The Kier molecular flexibility index (Phi) is 7.24. The van der Waals surface area contributed by atoms with Crippen LogP contribution in [0.5, 0.6) is 5.75 Å². The molecule has 1 aliphatic heterocycles. The van der Waals surface area contributed by atoms with Gasteiger partial charge in [-0.3, -0.25) is 15.0 Å². The number of anilines is 1. The largest absolute Gasteiger partial charge is 0.497 e. The van der Waals surface area contributed by atoms with Crippen LogP contribution in [-0.2, 0) is 10.0 Å². The standard InChI is InChI=1S/C20H26N4O5S/c1-29-19-8-6-17(7-9-19)23-14-12-22(13-15-23)11-3-10-21-30(27,28)20-5-2-4-18(16-20)24(25)26/h2,4-9,16,21H,3,10-15H2,1H3. The van der Waals surface area contributed by atoms with Crippen LogP contribution in [0.2, 0.25) is 0 Å². The van der Waals surface area contributed by atoms with E-state index in [1.807, 2.05) is 12.1 Å². The van der Waals surface area contributed by atoms with Gasteiger partial charge >= 0.3 is 0 Å². The fourth-order valence-electron chi connectivity index (χ4n) is 3.38. The number of benzene rings is 2. The van der Waals surface area contributed by atoms with Gasteiger partial charge in [0.2, 0.25) is 10.0 Å². The van der Waals surface area contributed by atoms with Gasteiger partial charge in [-0.1, -0.05) is 6.07 Å². The molecule has 0 spiro atoms. The molecule has 30 heavy (non-hydrogen) atoms. The predicted molar refractivity (Wildman–Crippen MR) is 115 cm³/mol. The summed E-state index contributed by atoms with van der Waals surface area (Å²) in [6.45, 7) is 4.70. The summed E-state index contributed by atoms with van der Waals surface area (Å²) in [6.07, 6.45) is 0.663. The zero-order chi connectivity index (χ0) is 21.6. The number of hydrogen-bond acceptors (Lipinski definition) is 7. The van der Waals surface area contributed by atoms with E-state index in [2.05, 4.69) is 26.7 Å². The van der Waals surface area contributed by atoms with Crippen molar-refractivity contribution in [3.8, 4) is 5.75 Å². The Balaban J connectivity index is 1.42. The van der Waals surface area contributed by atoms with Crippen molar-refractivity contribution < 1.29 is 18.1 Å². The van der Waals surface area contributed by atoms with Gasteiger partial charge < -0.3 is 9.64 Å². The third-order valence-electron chi connectivity index (χ3n) is 5.09. The molecule has 0 aromatic heterocycles. The van der Waals surface area contributed by atoms with E-state index in [0.29, 0.717) is 6.42 Å². The van der Waals surface area contributed by atoms with E-state index >= 15 is 0 Å². The van der Waals surface area contributed by atoms with Crippen LogP contribution in [0.4, 0.5) is 11.4 Å². The second kappa shape index (κ2) is 9.88. The van der Waals surface area contributed by atoms with Crippen molar-refractivity contribution in [1.29, 1.82) is 0 Å². The fourth-order valence-corrected chi connectivity index (χ4v) is 4.49. The zero-order valence-electron chi connectivity index (χ0n) is 16.9. The van der Waals surface area contributed by atoms with Crippen LogP contribution in [0.3, 0.4) is 0 Å². The summed E-state index contributed by atoms with van der Waals surface area (Å²) in [4.78, 5) is 14.8. The summed E-state index contributed by atoms with van der Waals surface area (Å²) in [6, 6.07) is 13.1. The summed E-state index contributed by atoms with van der Waals surface area (Å²) in [5.41, 5.74) is 0.924. The molecule has 1 heterocycles. The van der Waals surface area contributed by atoms with Gasteiger partial charge in [-0.05, 0) is 43.3 Å². The first-order valence-electron chi connectivity index (χ1n) is 9.74. The van der Waals surface area contributed by atoms with Crippen LogP contribution in [0, 0.1) is 10.1 Å². The molecular formula is C20H26N4O5S. The van der Waals surface area contributed by atoms with Crippen molar-refractivity contribution in [2.24, 2.45) is 0 Å². The molecule has 0 saturated carbocycles. The van der Waals surface area contributed by atoms with Gasteiger partial charge in [-0.25, -0.2) is 13.1 Å². The highest BCUT2D eigenvalue weighted by atomic mass is 32.2. The van der Waals surface area contributed by atoms with Crippen LogP contribution >= 0.6 is 0 Å². The van der Waals surface area contributed by atoms with Crippen LogP contribution in [0.1, 0.15) is 6.42 Å². The third kappa shape index (κ3) is 5.68. The van der Waals surface area contributed by atoms with Crippen LogP contribution in [0.25, 0.3) is 0 Å². The first-order chi connectivity index (χ1) is 14.4. The summed E-state index contributed by atoms with van der Waals surface area (Å²) in [5, 5.41) is 10.8. The molecule has 10 heteroatoms. The van der Waals surface area contributed by atoms with E-state index in [9.17, 15) is 18.5 Å². The van der Waals surface area contributed by atoms with Crippen molar-refractivity contribution in [3.05, 3.63) is 58.6 Å². The number of nitro benzene ring substituents is 1. The molecule has 0 bridgehead atoms. The summed E-state index contributed by atoms with van der Waals surface area (Å²) in [7, 11) is -2.11. The van der Waals surface area contributed by atoms with Gasteiger partial charge in [0, 0.05) is 50.5 Å². The van der Waals surface area contributed by atoms with Crippen molar-refractivity contribution in [2.45, 2.75) is 11.3 Å².